The zero-order valence-corrected chi connectivity index (χ0v) is 14.5. The van der Waals surface area contributed by atoms with Gasteiger partial charge in [0, 0.05) is 5.41 Å². The van der Waals surface area contributed by atoms with Crippen LogP contribution in [-0.2, 0) is 0 Å². The Kier molecular flexibility index (Phi) is 3.54. The Bertz CT molecular complexity index is 517. The third-order valence-corrected chi connectivity index (χ3v) is 8.59. The van der Waals surface area contributed by atoms with E-state index in [1.165, 1.54) is 0 Å². The fraction of sp³-hybridized carbons (Fsp3) is 0.900. The van der Waals surface area contributed by atoms with Crippen LogP contribution in [0.25, 0.3) is 0 Å². The lowest BCUT2D eigenvalue weighted by atomic mass is 9.44. The van der Waals surface area contributed by atoms with Gasteiger partial charge in [0.25, 0.3) is 0 Å². The summed E-state index contributed by atoms with van der Waals surface area (Å²) in [5, 5.41) is 31.7. The second kappa shape index (κ2) is 5.06. The highest BCUT2D eigenvalue weighted by molar-refractivity contribution is 5.23. The van der Waals surface area contributed by atoms with Gasteiger partial charge in [-0.25, -0.2) is 0 Å². The van der Waals surface area contributed by atoms with Crippen molar-refractivity contribution in [2.75, 3.05) is 0 Å². The molecule has 4 rings (SSSR count). The van der Waals surface area contributed by atoms with Crippen molar-refractivity contribution in [2.24, 2.45) is 34.5 Å². The van der Waals surface area contributed by atoms with Gasteiger partial charge in [-0.15, -0.1) is 0 Å². The van der Waals surface area contributed by atoms with Crippen molar-refractivity contribution in [3.05, 3.63) is 12.2 Å². The summed E-state index contributed by atoms with van der Waals surface area (Å²) in [5.41, 5.74) is 1.12. The molecule has 130 valence electrons. The van der Waals surface area contributed by atoms with E-state index in [0.29, 0.717) is 23.7 Å². The predicted octanol–water partition coefficient (Wildman–Crippen LogP) is 2.89. The van der Waals surface area contributed by atoms with E-state index in [1.807, 2.05) is 0 Å². The molecular formula is C20H32O3. The van der Waals surface area contributed by atoms with Crippen LogP contribution in [0.4, 0.5) is 0 Å². The average Bonchev–Trinajstić information content (AvgIpc) is 2.73. The van der Waals surface area contributed by atoms with Crippen LogP contribution in [-0.4, -0.2) is 33.6 Å². The lowest BCUT2D eigenvalue weighted by Crippen LogP contribution is -2.58. The normalized spacial score (nSPS) is 59.2. The van der Waals surface area contributed by atoms with Gasteiger partial charge in [0.2, 0.25) is 0 Å². The molecule has 3 nitrogen and oxygen atoms in total. The van der Waals surface area contributed by atoms with E-state index in [2.05, 4.69) is 20.4 Å². The molecule has 4 fully saturated rings. The van der Waals surface area contributed by atoms with Gasteiger partial charge in [-0.1, -0.05) is 20.4 Å². The third kappa shape index (κ3) is 2.06. The molecule has 0 aromatic heterocycles. The van der Waals surface area contributed by atoms with E-state index in [1.54, 1.807) is 0 Å². The summed E-state index contributed by atoms with van der Waals surface area (Å²) in [6.45, 7) is 8.73. The van der Waals surface area contributed by atoms with E-state index in [9.17, 15) is 15.3 Å². The van der Waals surface area contributed by atoms with Gasteiger partial charge in [0.1, 0.15) is 0 Å². The molecule has 0 aliphatic heterocycles. The van der Waals surface area contributed by atoms with Crippen LogP contribution in [0.15, 0.2) is 12.2 Å². The van der Waals surface area contributed by atoms with Crippen LogP contribution < -0.4 is 0 Å². The van der Waals surface area contributed by atoms with Crippen LogP contribution in [0.2, 0.25) is 0 Å². The molecule has 0 saturated heterocycles. The summed E-state index contributed by atoms with van der Waals surface area (Å²) in [6, 6.07) is 0. The van der Waals surface area contributed by atoms with Crippen LogP contribution in [0.3, 0.4) is 0 Å². The maximum atomic E-state index is 11.0. The first-order valence-electron chi connectivity index (χ1n) is 9.49. The molecule has 23 heavy (non-hydrogen) atoms. The van der Waals surface area contributed by atoms with Gasteiger partial charge < -0.3 is 15.3 Å². The van der Waals surface area contributed by atoms with Crippen molar-refractivity contribution >= 4 is 0 Å². The second-order valence-electron chi connectivity index (χ2n) is 9.53. The first-order valence-corrected chi connectivity index (χ1v) is 9.49. The SMILES string of the molecule is C=C1CC2C3C(CC[C@]2(C)[C@@H]1O)[C@@]1(C)CC[C@H](O)C[C@H]1C[C@@H]3O. The van der Waals surface area contributed by atoms with E-state index >= 15 is 0 Å². The zero-order chi connectivity index (χ0) is 16.6. The molecule has 0 spiro atoms. The maximum absolute atomic E-state index is 11.0. The number of hydrogen-bond acceptors (Lipinski definition) is 3. The summed E-state index contributed by atoms with van der Waals surface area (Å²) in [7, 11) is 0. The Morgan fingerprint density at radius 3 is 2.39 bits per heavy atom. The van der Waals surface area contributed by atoms with Gasteiger partial charge in [-0.05, 0) is 79.6 Å². The predicted molar refractivity (Wildman–Crippen MR) is 89.7 cm³/mol. The van der Waals surface area contributed by atoms with Gasteiger partial charge in [0.05, 0.1) is 18.3 Å². The first-order chi connectivity index (χ1) is 10.8. The smallest absolute Gasteiger partial charge is 0.0804 e. The molecule has 3 unspecified atom stereocenters. The lowest BCUT2D eigenvalue weighted by Gasteiger charge is -2.61. The average molecular weight is 320 g/mol. The van der Waals surface area contributed by atoms with Gasteiger partial charge in [0.15, 0.2) is 0 Å². The van der Waals surface area contributed by atoms with E-state index in [4.69, 9.17) is 0 Å². The van der Waals surface area contributed by atoms with Crippen LogP contribution in [0.5, 0.6) is 0 Å². The van der Waals surface area contributed by atoms with Gasteiger partial charge >= 0.3 is 0 Å². The van der Waals surface area contributed by atoms with Crippen molar-refractivity contribution in [1.82, 2.24) is 0 Å². The van der Waals surface area contributed by atoms with E-state index in [0.717, 1.165) is 50.5 Å². The Labute approximate surface area is 139 Å². The highest BCUT2D eigenvalue weighted by atomic mass is 16.3. The van der Waals surface area contributed by atoms with Crippen molar-refractivity contribution in [3.8, 4) is 0 Å². The topological polar surface area (TPSA) is 60.7 Å². The fourth-order valence-electron chi connectivity index (χ4n) is 7.14. The third-order valence-electron chi connectivity index (χ3n) is 8.59. The Balaban J connectivity index is 1.69. The molecule has 0 aromatic rings. The summed E-state index contributed by atoms with van der Waals surface area (Å²) in [5.74, 6) is 1.63. The van der Waals surface area contributed by atoms with E-state index in [-0.39, 0.29) is 23.0 Å². The van der Waals surface area contributed by atoms with Crippen LogP contribution in [0, 0.1) is 34.5 Å². The zero-order valence-electron chi connectivity index (χ0n) is 14.5. The molecule has 3 heteroatoms. The molecule has 4 aliphatic carbocycles. The molecule has 0 bridgehead atoms. The molecular weight excluding hydrogens is 288 g/mol. The maximum Gasteiger partial charge on any atom is 0.0804 e. The minimum absolute atomic E-state index is 0.101. The largest absolute Gasteiger partial charge is 0.393 e. The lowest BCUT2D eigenvalue weighted by molar-refractivity contribution is -0.176. The number of fused-ring (bicyclic) bond motifs is 5. The second-order valence-corrected chi connectivity index (χ2v) is 9.53. The summed E-state index contributed by atoms with van der Waals surface area (Å²) < 4.78 is 0. The van der Waals surface area contributed by atoms with E-state index < -0.39 is 6.10 Å². The molecule has 4 saturated carbocycles. The highest BCUT2D eigenvalue weighted by Crippen LogP contribution is 2.66. The molecule has 0 aromatic carbocycles. The molecule has 4 aliphatic rings. The van der Waals surface area contributed by atoms with Crippen LogP contribution >= 0.6 is 0 Å². The number of rotatable bonds is 0. The van der Waals surface area contributed by atoms with Gasteiger partial charge in [-0.2, -0.15) is 0 Å². The first kappa shape index (κ1) is 16.1. The molecule has 0 radical (unpaired) electrons. The van der Waals surface area contributed by atoms with Gasteiger partial charge in [-0.3, -0.25) is 0 Å². The molecule has 3 N–H and O–H groups in total. The quantitative estimate of drug-likeness (QED) is 0.602. The summed E-state index contributed by atoms with van der Waals surface area (Å²) in [6.07, 6.45) is 5.81. The van der Waals surface area contributed by atoms with Crippen molar-refractivity contribution in [2.45, 2.75) is 77.1 Å². The van der Waals surface area contributed by atoms with Crippen molar-refractivity contribution < 1.29 is 15.3 Å². The van der Waals surface area contributed by atoms with Crippen molar-refractivity contribution in [3.63, 3.8) is 0 Å². The minimum atomic E-state index is -0.403. The molecule has 0 amide bonds. The monoisotopic (exact) mass is 320 g/mol. The fourth-order valence-corrected chi connectivity index (χ4v) is 7.14. The summed E-state index contributed by atoms with van der Waals surface area (Å²) in [4.78, 5) is 0. The number of aliphatic hydroxyl groups excluding tert-OH is 3. The molecule has 0 heterocycles. The Morgan fingerprint density at radius 1 is 0.957 bits per heavy atom. The van der Waals surface area contributed by atoms with Crippen molar-refractivity contribution in [1.29, 1.82) is 0 Å². The standard InChI is InChI=1S/C20H32O3/c1-11-8-15-17-14(5-7-20(15,3)18(11)23)19(2)6-4-13(21)9-12(19)10-16(17)22/h12-18,21-23H,1,4-10H2,2-3H3/t12-,13-,14?,15?,16-,17?,18+,19-,20-/m0/s1. The molecule has 9 atom stereocenters. The Hall–Kier alpha value is -0.380. The number of hydrogen-bond donors (Lipinski definition) is 3. The van der Waals surface area contributed by atoms with Crippen LogP contribution in [0.1, 0.15) is 58.8 Å². The number of aliphatic hydroxyl groups is 3. The Morgan fingerprint density at radius 2 is 1.65 bits per heavy atom. The highest BCUT2D eigenvalue weighted by Gasteiger charge is 2.63. The minimum Gasteiger partial charge on any atom is -0.393 e. The summed E-state index contributed by atoms with van der Waals surface area (Å²) >= 11 is 0.